The maximum atomic E-state index is 11.9. The van der Waals surface area contributed by atoms with Crippen LogP contribution in [0, 0.1) is 0 Å². The standard InChI is InChI=1S/C12H8N2O2S/c15-9-6-7-12(14-9)11(16)13-10(17-12)8-4-2-1-3-5-8/h1-7H,(H,14,15). The zero-order valence-corrected chi connectivity index (χ0v) is 9.53. The van der Waals surface area contributed by atoms with Crippen LogP contribution in [-0.4, -0.2) is 21.7 Å². The molecule has 84 valence electrons. The van der Waals surface area contributed by atoms with E-state index in [0.717, 1.165) is 5.56 Å². The number of carbonyl (C=O) groups is 2. The van der Waals surface area contributed by atoms with Crippen LogP contribution in [-0.2, 0) is 9.59 Å². The zero-order chi connectivity index (χ0) is 11.9. The van der Waals surface area contributed by atoms with E-state index in [1.165, 1.54) is 17.8 Å². The summed E-state index contributed by atoms with van der Waals surface area (Å²) in [4.78, 5) is 26.0. The van der Waals surface area contributed by atoms with E-state index < -0.39 is 4.87 Å². The van der Waals surface area contributed by atoms with Gasteiger partial charge in [0.25, 0.3) is 5.91 Å². The number of amides is 2. The number of nitrogens with one attached hydrogen (secondary N) is 1. The van der Waals surface area contributed by atoms with Gasteiger partial charge in [-0.2, -0.15) is 0 Å². The molecule has 0 saturated carbocycles. The SMILES string of the molecule is O=C1C=CC2(N1)SC(c1ccccc1)=NC2=O. The molecule has 0 bridgehead atoms. The third-order valence-electron chi connectivity index (χ3n) is 2.58. The van der Waals surface area contributed by atoms with Gasteiger partial charge in [0.15, 0.2) is 4.87 Å². The molecule has 17 heavy (non-hydrogen) atoms. The van der Waals surface area contributed by atoms with Crippen LogP contribution >= 0.6 is 11.8 Å². The normalized spacial score (nSPS) is 26.5. The molecule has 1 spiro atoms. The molecule has 5 heteroatoms. The Labute approximate surface area is 102 Å². The fourth-order valence-electron chi connectivity index (χ4n) is 1.74. The molecular weight excluding hydrogens is 236 g/mol. The predicted octanol–water partition coefficient (Wildman–Crippen LogP) is 1.09. The molecule has 1 unspecified atom stereocenters. The number of nitrogens with zero attached hydrogens (tertiary/aromatic N) is 1. The van der Waals surface area contributed by atoms with Crippen molar-refractivity contribution < 1.29 is 9.59 Å². The van der Waals surface area contributed by atoms with E-state index in [1.54, 1.807) is 6.08 Å². The topological polar surface area (TPSA) is 58.5 Å². The van der Waals surface area contributed by atoms with Crippen LogP contribution < -0.4 is 5.32 Å². The van der Waals surface area contributed by atoms with E-state index in [-0.39, 0.29) is 11.8 Å². The Hall–Kier alpha value is -1.88. The van der Waals surface area contributed by atoms with Crippen molar-refractivity contribution in [3.05, 3.63) is 48.0 Å². The summed E-state index contributed by atoms with van der Waals surface area (Å²) in [5, 5.41) is 3.27. The largest absolute Gasteiger partial charge is 0.326 e. The van der Waals surface area contributed by atoms with Gasteiger partial charge in [0.05, 0.1) is 0 Å². The Morgan fingerprint density at radius 3 is 2.59 bits per heavy atom. The van der Waals surface area contributed by atoms with Crippen LogP contribution in [0.25, 0.3) is 0 Å². The molecule has 1 aromatic carbocycles. The van der Waals surface area contributed by atoms with E-state index in [1.807, 2.05) is 30.3 Å². The Bertz CT molecular complexity index is 565. The predicted molar refractivity (Wildman–Crippen MR) is 65.6 cm³/mol. The number of hydrogen-bond donors (Lipinski definition) is 1. The lowest BCUT2D eigenvalue weighted by Gasteiger charge is -2.16. The molecule has 0 radical (unpaired) electrons. The van der Waals surface area contributed by atoms with E-state index in [4.69, 9.17) is 0 Å². The van der Waals surface area contributed by atoms with Crippen molar-refractivity contribution in [2.75, 3.05) is 0 Å². The number of thioether (sulfide) groups is 1. The van der Waals surface area contributed by atoms with Gasteiger partial charge in [0, 0.05) is 11.6 Å². The highest BCUT2D eigenvalue weighted by Crippen LogP contribution is 2.37. The third-order valence-corrected chi connectivity index (χ3v) is 3.83. The Morgan fingerprint density at radius 1 is 1.18 bits per heavy atom. The molecule has 3 rings (SSSR count). The van der Waals surface area contributed by atoms with Crippen molar-refractivity contribution in [3.63, 3.8) is 0 Å². The van der Waals surface area contributed by atoms with Crippen LogP contribution in [0.1, 0.15) is 5.56 Å². The van der Waals surface area contributed by atoms with Gasteiger partial charge >= 0.3 is 0 Å². The Kier molecular flexibility index (Phi) is 2.16. The van der Waals surface area contributed by atoms with Crippen molar-refractivity contribution in [3.8, 4) is 0 Å². The maximum Gasteiger partial charge on any atom is 0.287 e. The van der Waals surface area contributed by atoms with Crippen molar-refractivity contribution in [2.24, 2.45) is 4.99 Å². The van der Waals surface area contributed by atoms with Crippen LogP contribution in [0.4, 0.5) is 0 Å². The summed E-state index contributed by atoms with van der Waals surface area (Å²) < 4.78 is 0. The molecule has 1 aromatic rings. The van der Waals surface area contributed by atoms with E-state index >= 15 is 0 Å². The van der Waals surface area contributed by atoms with Crippen molar-refractivity contribution in [1.29, 1.82) is 0 Å². The molecule has 2 aliphatic rings. The van der Waals surface area contributed by atoms with Crippen molar-refractivity contribution in [2.45, 2.75) is 4.87 Å². The monoisotopic (exact) mass is 244 g/mol. The highest BCUT2D eigenvalue weighted by Gasteiger charge is 2.47. The van der Waals surface area contributed by atoms with Gasteiger partial charge in [-0.3, -0.25) is 9.59 Å². The molecule has 2 amide bonds. The number of carbonyl (C=O) groups excluding carboxylic acids is 2. The van der Waals surface area contributed by atoms with Crippen LogP contribution in [0.2, 0.25) is 0 Å². The van der Waals surface area contributed by atoms with Gasteiger partial charge in [-0.25, -0.2) is 4.99 Å². The van der Waals surface area contributed by atoms with E-state index in [2.05, 4.69) is 10.3 Å². The molecule has 0 fully saturated rings. The van der Waals surface area contributed by atoms with Gasteiger partial charge in [-0.1, -0.05) is 42.1 Å². The van der Waals surface area contributed by atoms with Crippen molar-refractivity contribution >= 4 is 28.6 Å². The minimum Gasteiger partial charge on any atom is -0.326 e. The average Bonchev–Trinajstić information content (AvgIpc) is 2.86. The summed E-state index contributed by atoms with van der Waals surface area (Å²) in [5.41, 5.74) is 0.886. The zero-order valence-electron chi connectivity index (χ0n) is 8.71. The minimum atomic E-state index is -1.01. The number of aliphatic imine (C=N–C) groups is 1. The molecule has 1 atom stereocenters. The van der Waals surface area contributed by atoms with Gasteiger partial charge in [0.1, 0.15) is 5.04 Å². The number of hydrogen-bond acceptors (Lipinski definition) is 3. The molecular formula is C12H8N2O2S. The lowest BCUT2D eigenvalue weighted by atomic mass is 10.2. The first-order valence-corrected chi connectivity index (χ1v) is 5.90. The second kappa shape index (κ2) is 3.56. The number of benzene rings is 1. The second-order valence-electron chi connectivity index (χ2n) is 3.75. The molecule has 1 N–H and O–H groups in total. The molecule has 0 saturated heterocycles. The highest BCUT2D eigenvalue weighted by atomic mass is 32.2. The highest BCUT2D eigenvalue weighted by molar-refractivity contribution is 8.16. The summed E-state index contributed by atoms with van der Waals surface area (Å²) >= 11 is 1.27. The van der Waals surface area contributed by atoms with E-state index in [9.17, 15) is 9.59 Å². The quantitative estimate of drug-likeness (QED) is 0.804. The van der Waals surface area contributed by atoms with Crippen molar-refractivity contribution in [1.82, 2.24) is 5.32 Å². The Balaban J connectivity index is 1.94. The average molecular weight is 244 g/mol. The maximum absolute atomic E-state index is 11.9. The molecule has 0 aliphatic carbocycles. The summed E-state index contributed by atoms with van der Waals surface area (Å²) in [6.45, 7) is 0. The first-order chi connectivity index (χ1) is 8.20. The van der Waals surface area contributed by atoms with Crippen LogP contribution in [0.15, 0.2) is 47.5 Å². The molecule has 4 nitrogen and oxygen atoms in total. The fraction of sp³-hybridized carbons (Fsp3) is 0.0833. The summed E-state index contributed by atoms with van der Waals surface area (Å²) in [5.74, 6) is -0.584. The Morgan fingerprint density at radius 2 is 1.94 bits per heavy atom. The summed E-state index contributed by atoms with van der Waals surface area (Å²) in [6.07, 6.45) is 2.94. The summed E-state index contributed by atoms with van der Waals surface area (Å²) in [7, 11) is 0. The fourth-order valence-corrected chi connectivity index (χ4v) is 2.85. The lowest BCUT2D eigenvalue weighted by molar-refractivity contribution is -0.123. The summed E-state index contributed by atoms with van der Waals surface area (Å²) in [6, 6.07) is 9.45. The number of rotatable bonds is 1. The molecule has 2 heterocycles. The smallest absolute Gasteiger partial charge is 0.287 e. The van der Waals surface area contributed by atoms with Crippen LogP contribution in [0.5, 0.6) is 0 Å². The third kappa shape index (κ3) is 1.59. The van der Waals surface area contributed by atoms with Gasteiger partial charge < -0.3 is 5.32 Å². The molecule has 0 aromatic heterocycles. The van der Waals surface area contributed by atoms with Gasteiger partial charge in [-0.05, 0) is 6.08 Å². The van der Waals surface area contributed by atoms with E-state index in [0.29, 0.717) is 5.04 Å². The first-order valence-electron chi connectivity index (χ1n) is 5.09. The van der Waals surface area contributed by atoms with Gasteiger partial charge in [0.2, 0.25) is 5.91 Å². The van der Waals surface area contributed by atoms with Crippen LogP contribution in [0.3, 0.4) is 0 Å². The minimum absolute atomic E-state index is 0.254. The van der Waals surface area contributed by atoms with Gasteiger partial charge in [-0.15, -0.1) is 0 Å². The second-order valence-corrected chi connectivity index (χ2v) is 4.98. The first kappa shape index (κ1) is 10.3. The lowest BCUT2D eigenvalue weighted by Crippen LogP contribution is -2.43. The molecule has 2 aliphatic heterocycles.